The highest BCUT2D eigenvalue weighted by Gasteiger charge is 2.56. The molecule has 4 heteroatoms. The van der Waals surface area contributed by atoms with Crippen molar-refractivity contribution in [1.29, 1.82) is 0 Å². The molecule has 0 bridgehead atoms. The van der Waals surface area contributed by atoms with Crippen LogP contribution in [0.15, 0.2) is 0 Å². The van der Waals surface area contributed by atoms with Crippen molar-refractivity contribution in [2.75, 3.05) is 0 Å². The summed E-state index contributed by atoms with van der Waals surface area (Å²) < 4.78 is 0. The van der Waals surface area contributed by atoms with Crippen molar-refractivity contribution in [3.63, 3.8) is 0 Å². The molecule has 3 rings (SSSR count). The van der Waals surface area contributed by atoms with Crippen LogP contribution in [0.5, 0.6) is 0 Å². The molecule has 0 aromatic carbocycles. The van der Waals surface area contributed by atoms with Crippen LogP contribution in [0.4, 0.5) is 0 Å². The second kappa shape index (κ2) is 5.24. The lowest BCUT2D eigenvalue weighted by molar-refractivity contribution is -0.675. The van der Waals surface area contributed by atoms with Gasteiger partial charge >= 0.3 is 0 Å². The standard InChI is InChI=1S/C16H28O4/c1-11-5-7-15(13(3)9-11)17-19-16(20-18-15)8-6-12(2)10-14(16)4/h11-14H,5-10H2,1-4H3/t11-,12+,13-,14+,15?,16?. The zero-order valence-electron chi connectivity index (χ0n) is 13.2. The van der Waals surface area contributed by atoms with E-state index in [9.17, 15) is 0 Å². The maximum absolute atomic E-state index is 5.82. The van der Waals surface area contributed by atoms with Crippen LogP contribution in [0.3, 0.4) is 0 Å². The normalized spacial score (nSPS) is 53.4. The average molecular weight is 284 g/mol. The number of rotatable bonds is 0. The molecule has 20 heavy (non-hydrogen) atoms. The smallest absolute Gasteiger partial charge is 0.195 e. The Morgan fingerprint density at radius 1 is 0.650 bits per heavy atom. The Hall–Kier alpha value is -0.160. The predicted octanol–water partition coefficient (Wildman–Crippen LogP) is 4.20. The largest absolute Gasteiger partial charge is 0.236 e. The van der Waals surface area contributed by atoms with E-state index in [0.29, 0.717) is 23.7 Å². The molecule has 2 aliphatic carbocycles. The molecule has 4 nitrogen and oxygen atoms in total. The molecule has 4 atom stereocenters. The second-order valence-corrected chi connectivity index (χ2v) is 7.52. The van der Waals surface area contributed by atoms with Crippen molar-refractivity contribution in [2.45, 2.75) is 77.8 Å². The summed E-state index contributed by atoms with van der Waals surface area (Å²) in [7, 11) is 0. The Labute approximate surface area is 122 Å². The van der Waals surface area contributed by atoms with Gasteiger partial charge in [0.05, 0.1) is 0 Å². The molecule has 116 valence electrons. The summed E-state index contributed by atoms with van der Waals surface area (Å²) in [5.41, 5.74) is 0. The van der Waals surface area contributed by atoms with Gasteiger partial charge in [0, 0.05) is 24.7 Å². The Morgan fingerprint density at radius 2 is 1.00 bits per heavy atom. The molecule has 0 radical (unpaired) electrons. The quantitative estimate of drug-likeness (QED) is 0.625. The van der Waals surface area contributed by atoms with Crippen molar-refractivity contribution in [1.82, 2.24) is 0 Å². The van der Waals surface area contributed by atoms with Crippen LogP contribution in [-0.4, -0.2) is 11.6 Å². The van der Waals surface area contributed by atoms with Crippen LogP contribution < -0.4 is 0 Å². The first-order valence-corrected chi connectivity index (χ1v) is 8.19. The van der Waals surface area contributed by atoms with Gasteiger partial charge in [-0.25, -0.2) is 0 Å². The van der Waals surface area contributed by atoms with Gasteiger partial charge in [-0.15, -0.1) is 0 Å². The summed E-state index contributed by atoms with van der Waals surface area (Å²) >= 11 is 0. The fourth-order valence-electron chi connectivity index (χ4n) is 3.99. The Balaban J connectivity index is 1.67. The van der Waals surface area contributed by atoms with Gasteiger partial charge in [0.2, 0.25) is 11.6 Å². The molecule has 3 fully saturated rings. The van der Waals surface area contributed by atoms with E-state index in [1.807, 2.05) is 0 Å². The van der Waals surface area contributed by atoms with E-state index in [2.05, 4.69) is 27.7 Å². The van der Waals surface area contributed by atoms with Crippen LogP contribution in [-0.2, 0) is 19.6 Å². The van der Waals surface area contributed by atoms with Crippen LogP contribution in [0, 0.1) is 23.7 Å². The van der Waals surface area contributed by atoms with E-state index in [4.69, 9.17) is 19.6 Å². The molecule has 0 amide bonds. The van der Waals surface area contributed by atoms with E-state index >= 15 is 0 Å². The fourth-order valence-corrected chi connectivity index (χ4v) is 3.99. The lowest BCUT2D eigenvalue weighted by Crippen LogP contribution is -2.58. The van der Waals surface area contributed by atoms with Crippen LogP contribution in [0.2, 0.25) is 0 Å². The third-order valence-corrected chi connectivity index (χ3v) is 5.63. The van der Waals surface area contributed by atoms with E-state index in [0.717, 1.165) is 38.5 Å². The van der Waals surface area contributed by atoms with E-state index in [1.165, 1.54) is 0 Å². The summed E-state index contributed by atoms with van der Waals surface area (Å²) in [6, 6.07) is 0. The maximum atomic E-state index is 5.82. The van der Waals surface area contributed by atoms with Crippen LogP contribution in [0.25, 0.3) is 0 Å². The van der Waals surface area contributed by atoms with Gasteiger partial charge in [-0.1, -0.05) is 27.7 Å². The van der Waals surface area contributed by atoms with E-state index in [-0.39, 0.29) is 0 Å². The zero-order valence-corrected chi connectivity index (χ0v) is 13.2. The van der Waals surface area contributed by atoms with E-state index in [1.54, 1.807) is 0 Å². The molecule has 0 aromatic rings. The first-order chi connectivity index (χ1) is 9.46. The summed E-state index contributed by atoms with van der Waals surface area (Å²) in [6.07, 6.45) is 6.05. The molecule has 2 saturated carbocycles. The van der Waals surface area contributed by atoms with Gasteiger partial charge in [0.15, 0.2) is 0 Å². The van der Waals surface area contributed by atoms with Gasteiger partial charge in [-0.3, -0.25) is 0 Å². The third kappa shape index (κ3) is 2.41. The van der Waals surface area contributed by atoms with Gasteiger partial charge in [-0.05, 0) is 37.5 Å². The number of hydrogen-bond acceptors (Lipinski definition) is 4. The van der Waals surface area contributed by atoms with Crippen molar-refractivity contribution >= 4 is 0 Å². The molecule has 0 N–H and O–H groups in total. The minimum Gasteiger partial charge on any atom is -0.195 e. The topological polar surface area (TPSA) is 36.9 Å². The maximum Gasteiger partial charge on any atom is 0.236 e. The third-order valence-electron chi connectivity index (χ3n) is 5.63. The van der Waals surface area contributed by atoms with Crippen LogP contribution >= 0.6 is 0 Å². The van der Waals surface area contributed by atoms with E-state index < -0.39 is 11.6 Å². The Kier molecular flexibility index (Phi) is 3.87. The molecule has 1 aliphatic heterocycles. The highest BCUT2D eigenvalue weighted by Crippen LogP contribution is 2.49. The fraction of sp³-hybridized carbons (Fsp3) is 1.00. The van der Waals surface area contributed by atoms with Crippen molar-refractivity contribution in [2.24, 2.45) is 23.7 Å². The van der Waals surface area contributed by atoms with Gasteiger partial charge < -0.3 is 0 Å². The molecule has 3 aliphatic rings. The first kappa shape index (κ1) is 14.8. The predicted molar refractivity (Wildman–Crippen MR) is 74.2 cm³/mol. The minimum atomic E-state index is -0.694. The minimum absolute atomic E-state index is 0.293. The second-order valence-electron chi connectivity index (χ2n) is 7.52. The first-order valence-electron chi connectivity index (χ1n) is 8.19. The zero-order chi connectivity index (χ0) is 14.4. The van der Waals surface area contributed by atoms with Gasteiger partial charge in [-0.2, -0.15) is 19.6 Å². The SMILES string of the molecule is C[C@@H]1CCC2(OOC3(CC[C@H](C)C[C@@H]3C)OO2)[C@H](C)C1. The van der Waals surface area contributed by atoms with Crippen molar-refractivity contribution in [3.8, 4) is 0 Å². The molecule has 1 saturated heterocycles. The highest BCUT2D eigenvalue weighted by atomic mass is 17.4. The summed E-state index contributed by atoms with van der Waals surface area (Å²) in [5, 5.41) is 0. The molecule has 2 spiro atoms. The molecular weight excluding hydrogens is 256 g/mol. The molecule has 1 heterocycles. The lowest BCUT2D eigenvalue weighted by atomic mass is 9.78. The highest BCUT2D eigenvalue weighted by molar-refractivity contribution is 4.87. The molecular formula is C16H28O4. The van der Waals surface area contributed by atoms with Crippen molar-refractivity contribution in [3.05, 3.63) is 0 Å². The summed E-state index contributed by atoms with van der Waals surface area (Å²) in [5.74, 6) is 0.630. The lowest BCUT2D eigenvalue weighted by Gasteiger charge is -2.51. The Bertz CT molecular complexity index is 314. The Morgan fingerprint density at radius 3 is 1.30 bits per heavy atom. The van der Waals surface area contributed by atoms with Gasteiger partial charge in [0.25, 0.3) is 0 Å². The monoisotopic (exact) mass is 284 g/mol. The van der Waals surface area contributed by atoms with Crippen LogP contribution in [0.1, 0.15) is 66.2 Å². The summed E-state index contributed by atoms with van der Waals surface area (Å²) in [4.78, 5) is 23.3. The van der Waals surface area contributed by atoms with Crippen molar-refractivity contribution < 1.29 is 19.6 Å². The number of hydrogen-bond donors (Lipinski definition) is 0. The van der Waals surface area contributed by atoms with Gasteiger partial charge in [0.1, 0.15) is 0 Å². The summed E-state index contributed by atoms with van der Waals surface area (Å²) in [6.45, 7) is 8.87. The average Bonchev–Trinajstić information content (AvgIpc) is 2.42. The molecule has 0 unspecified atom stereocenters. The molecule has 0 aromatic heterocycles.